The molecule has 0 aromatic carbocycles. The van der Waals surface area contributed by atoms with Gasteiger partial charge in [-0.1, -0.05) is 0 Å². The Morgan fingerprint density at radius 3 is 2.08 bits per heavy atom. The van der Waals surface area contributed by atoms with E-state index in [1.165, 1.54) is 4.31 Å². The van der Waals surface area contributed by atoms with Crippen molar-refractivity contribution in [1.29, 1.82) is 0 Å². The van der Waals surface area contributed by atoms with Crippen LogP contribution in [0.5, 0.6) is 0 Å². The Hall–Kier alpha value is -0.0226. The van der Waals surface area contributed by atoms with Crippen molar-refractivity contribution in [3.05, 3.63) is 0 Å². The summed E-state index contributed by atoms with van der Waals surface area (Å²) in [6, 6.07) is 0. The van der Waals surface area contributed by atoms with Gasteiger partial charge in [-0.05, 0) is 0 Å². The van der Waals surface area contributed by atoms with Crippen LogP contribution in [-0.2, 0) is 14.8 Å². The maximum Gasteiger partial charge on any atom is 1.00 e. The van der Waals surface area contributed by atoms with Crippen LogP contribution in [0.2, 0.25) is 0 Å². The molecule has 3 fully saturated rings. The predicted molar refractivity (Wildman–Crippen MR) is 32.8 cm³/mol. The molecule has 0 saturated carbocycles. The summed E-state index contributed by atoms with van der Waals surface area (Å²) in [4.78, 5) is 10.4. The average Bonchev–Trinajstić information content (AvgIpc) is 2.11. The minimum Gasteiger partial charge on any atom is -0.549 e. The van der Waals surface area contributed by atoms with E-state index in [1.807, 2.05) is 0 Å². The Bertz CT molecular complexity index is 318. The second-order valence-corrected chi connectivity index (χ2v) is 5.06. The molecular weight excluding hydrogens is 177 g/mol. The number of hydrogen-bond donors (Lipinski definition) is 0. The van der Waals surface area contributed by atoms with Gasteiger partial charge in [0.1, 0.15) is 0 Å². The molecule has 0 aromatic rings. The first kappa shape index (κ1) is 10.1. The molecule has 62 valence electrons. The second-order valence-electron chi connectivity index (χ2n) is 3.09. The molecule has 2 bridgehead atoms. The van der Waals surface area contributed by atoms with Gasteiger partial charge in [-0.15, -0.1) is 0 Å². The molecular formula is C5H6LiNO4S. The number of fused-ring (bicyclic) bond motifs is 1. The summed E-state index contributed by atoms with van der Waals surface area (Å²) in [5.74, 6) is -1.52. The second kappa shape index (κ2) is 2.48. The van der Waals surface area contributed by atoms with Crippen LogP contribution in [0.3, 0.4) is 0 Å². The molecule has 3 heterocycles. The van der Waals surface area contributed by atoms with Crippen molar-refractivity contribution in [3.63, 3.8) is 0 Å². The predicted octanol–water partition coefficient (Wildman–Crippen LogP) is -5.61. The molecule has 0 atom stereocenters. The summed E-state index contributed by atoms with van der Waals surface area (Å²) in [7, 11) is -3.24. The molecule has 0 aliphatic carbocycles. The molecule has 0 amide bonds. The van der Waals surface area contributed by atoms with Crippen LogP contribution in [0.1, 0.15) is 0 Å². The standard InChI is InChI=1S/C5H7NO4S.Li/c7-4(8)5-1-6(2-5)11(9,10)3-5;/h1-3H2,(H,7,8);/q;+1/p-1. The number of carboxylic acid groups (broad SMARTS) is 1. The molecule has 0 aromatic heterocycles. The van der Waals surface area contributed by atoms with Crippen molar-refractivity contribution in [2.75, 3.05) is 18.8 Å². The molecule has 5 nitrogen and oxygen atoms in total. The molecule has 12 heavy (non-hydrogen) atoms. The maximum atomic E-state index is 10.9. The van der Waals surface area contributed by atoms with E-state index in [4.69, 9.17) is 0 Å². The number of carbonyl (C=O) groups is 1. The van der Waals surface area contributed by atoms with Gasteiger partial charge in [0, 0.05) is 13.1 Å². The van der Waals surface area contributed by atoms with Crippen molar-refractivity contribution in [2.45, 2.75) is 0 Å². The van der Waals surface area contributed by atoms with E-state index in [1.54, 1.807) is 0 Å². The van der Waals surface area contributed by atoms with Crippen LogP contribution in [0, 0.1) is 5.41 Å². The molecule has 0 radical (unpaired) electrons. The molecule has 3 rings (SSSR count). The fourth-order valence-electron chi connectivity index (χ4n) is 1.55. The largest absolute Gasteiger partial charge is 1.00 e. The number of sulfonamides is 1. The van der Waals surface area contributed by atoms with Gasteiger partial charge in [0.25, 0.3) is 0 Å². The normalized spacial score (nSPS) is 41.2. The third-order valence-electron chi connectivity index (χ3n) is 2.24. The van der Waals surface area contributed by atoms with Gasteiger partial charge in [0.15, 0.2) is 0 Å². The van der Waals surface area contributed by atoms with E-state index in [0.717, 1.165) is 0 Å². The van der Waals surface area contributed by atoms with Crippen molar-refractivity contribution < 1.29 is 37.2 Å². The van der Waals surface area contributed by atoms with Gasteiger partial charge in [-0.2, -0.15) is 4.31 Å². The number of aliphatic carboxylic acids is 1. The molecule has 3 aliphatic rings. The quantitative estimate of drug-likeness (QED) is 0.380. The third kappa shape index (κ3) is 1.03. The Balaban J connectivity index is 0.000000720. The fourth-order valence-corrected chi connectivity index (χ4v) is 3.61. The van der Waals surface area contributed by atoms with Gasteiger partial charge in [-0.3, -0.25) is 0 Å². The summed E-state index contributed by atoms with van der Waals surface area (Å²) in [5, 5.41) is 10.4. The molecule has 3 aliphatic heterocycles. The average molecular weight is 183 g/mol. The summed E-state index contributed by atoms with van der Waals surface area (Å²) >= 11 is 0. The minimum absolute atomic E-state index is 0. The van der Waals surface area contributed by atoms with Gasteiger partial charge >= 0.3 is 18.9 Å². The topological polar surface area (TPSA) is 77.5 Å². The number of rotatable bonds is 1. The number of hydrogen-bond acceptors (Lipinski definition) is 4. The zero-order chi connectivity index (χ0) is 8.28. The van der Waals surface area contributed by atoms with E-state index in [0.29, 0.717) is 0 Å². The smallest absolute Gasteiger partial charge is 0.549 e. The fraction of sp³-hybridized carbons (Fsp3) is 0.800. The Kier molecular flexibility index (Phi) is 2.08. The van der Waals surface area contributed by atoms with Crippen LogP contribution in [0.15, 0.2) is 0 Å². The Morgan fingerprint density at radius 1 is 1.42 bits per heavy atom. The first-order valence-corrected chi connectivity index (χ1v) is 4.77. The summed E-state index contributed by atoms with van der Waals surface area (Å²) in [5.41, 5.74) is -1.08. The molecule has 0 spiro atoms. The SMILES string of the molecule is O=C([O-])C12CN(C1)S(=O)(=O)C2.[Li+]. The monoisotopic (exact) mass is 183 g/mol. The van der Waals surface area contributed by atoms with Crippen LogP contribution in [-0.4, -0.2) is 37.5 Å². The van der Waals surface area contributed by atoms with Gasteiger partial charge in [0.05, 0.1) is 17.1 Å². The van der Waals surface area contributed by atoms with Gasteiger partial charge < -0.3 is 9.90 Å². The van der Waals surface area contributed by atoms with Crippen molar-refractivity contribution >= 4 is 16.0 Å². The van der Waals surface area contributed by atoms with Crippen LogP contribution in [0.25, 0.3) is 0 Å². The van der Waals surface area contributed by atoms with Crippen LogP contribution >= 0.6 is 0 Å². The van der Waals surface area contributed by atoms with Gasteiger partial charge in [-0.25, -0.2) is 8.42 Å². The van der Waals surface area contributed by atoms with Crippen LogP contribution < -0.4 is 24.0 Å². The summed E-state index contributed by atoms with van der Waals surface area (Å²) in [6.45, 7) is 0.218. The van der Waals surface area contributed by atoms with E-state index in [2.05, 4.69) is 0 Å². The van der Waals surface area contributed by atoms with Crippen LogP contribution in [0.4, 0.5) is 0 Å². The van der Waals surface area contributed by atoms with E-state index in [-0.39, 0.29) is 37.7 Å². The zero-order valence-corrected chi connectivity index (χ0v) is 7.43. The Morgan fingerprint density at radius 2 is 1.92 bits per heavy atom. The van der Waals surface area contributed by atoms with Gasteiger partial charge in [0.2, 0.25) is 10.0 Å². The molecule has 0 N–H and O–H groups in total. The van der Waals surface area contributed by atoms with Crippen molar-refractivity contribution in [1.82, 2.24) is 4.31 Å². The number of nitrogens with zero attached hydrogens (tertiary/aromatic N) is 1. The molecule has 0 unspecified atom stereocenters. The minimum atomic E-state index is -3.24. The van der Waals surface area contributed by atoms with Crippen molar-refractivity contribution in [2.24, 2.45) is 5.41 Å². The third-order valence-corrected chi connectivity index (χ3v) is 4.21. The van der Waals surface area contributed by atoms with E-state index < -0.39 is 21.4 Å². The Labute approximate surface area is 82.0 Å². The zero-order valence-electron chi connectivity index (χ0n) is 6.61. The van der Waals surface area contributed by atoms with E-state index >= 15 is 0 Å². The maximum absolute atomic E-state index is 10.9. The first-order chi connectivity index (χ1) is 4.96. The summed E-state index contributed by atoms with van der Waals surface area (Å²) in [6.07, 6.45) is 0. The number of carbonyl (C=O) groups excluding carboxylic acids is 1. The molecule has 3 saturated heterocycles. The summed E-state index contributed by atoms with van der Waals surface area (Å²) < 4.78 is 23.1. The molecule has 7 heteroatoms. The first-order valence-electron chi connectivity index (χ1n) is 3.16. The van der Waals surface area contributed by atoms with Crippen molar-refractivity contribution in [3.8, 4) is 0 Å². The van der Waals surface area contributed by atoms with E-state index in [9.17, 15) is 18.3 Å². The number of carboxylic acids is 1.